The lowest BCUT2D eigenvalue weighted by molar-refractivity contribution is -0.128. The smallest absolute Gasteiger partial charge is 0.315 e. The van der Waals surface area contributed by atoms with Crippen LogP contribution in [0.1, 0.15) is 96.8 Å². The molecule has 57 heavy (non-hydrogen) atoms. The van der Waals surface area contributed by atoms with Gasteiger partial charge in [0.15, 0.2) is 5.82 Å². The highest BCUT2D eigenvalue weighted by Crippen LogP contribution is 2.30. The molecule has 4 N–H and O–H groups in total. The molecule has 0 saturated carbocycles. The SMILES string of the molecule is Cc1cc(CCN2CCN(c3ccc(Nc4cc(-c5ccc([C@@H](C)NC(=O)c6nc(C(C)(C)C)no6)c(C)c5)ncn4)nc3)CC2)ccc1C1CCC(O)NC1=O. The van der Waals surface area contributed by atoms with E-state index in [9.17, 15) is 14.7 Å². The molecular weight excluding hydrogens is 721 g/mol. The Morgan fingerprint density at radius 1 is 0.965 bits per heavy atom. The van der Waals surface area contributed by atoms with Gasteiger partial charge in [-0.2, -0.15) is 4.98 Å². The Morgan fingerprint density at radius 2 is 1.77 bits per heavy atom. The topological polar surface area (TPSA) is 175 Å². The minimum Gasteiger partial charge on any atom is -0.374 e. The second-order valence-electron chi connectivity index (χ2n) is 16.2. The van der Waals surface area contributed by atoms with E-state index in [-0.39, 0.29) is 29.2 Å². The Hall–Kier alpha value is -5.73. The Morgan fingerprint density at radius 3 is 2.46 bits per heavy atom. The summed E-state index contributed by atoms with van der Waals surface area (Å²) in [4.78, 5) is 48.1. The van der Waals surface area contributed by atoms with Crippen molar-refractivity contribution in [2.24, 2.45) is 0 Å². The van der Waals surface area contributed by atoms with Crippen LogP contribution >= 0.6 is 0 Å². The Labute approximate surface area is 333 Å². The number of rotatable bonds is 11. The van der Waals surface area contributed by atoms with E-state index in [1.807, 2.05) is 71.1 Å². The van der Waals surface area contributed by atoms with Gasteiger partial charge in [0.2, 0.25) is 5.91 Å². The van der Waals surface area contributed by atoms with E-state index in [2.05, 4.69) is 77.0 Å². The number of aliphatic hydroxyl groups excluding tert-OH is 1. The molecule has 0 aliphatic carbocycles. The van der Waals surface area contributed by atoms with Crippen molar-refractivity contribution in [1.82, 2.24) is 40.6 Å². The minimum absolute atomic E-state index is 0.0525. The zero-order valence-corrected chi connectivity index (χ0v) is 33.5. The molecule has 2 saturated heterocycles. The third-order valence-corrected chi connectivity index (χ3v) is 10.9. The van der Waals surface area contributed by atoms with E-state index in [0.717, 1.165) is 78.3 Å². The summed E-state index contributed by atoms with van der Waals surface area (Å²) in [6.07, 6.45) is 4.91. The maximum absolute atomic E-state index is 12.8. The highest BCUT2D eigenvalue weighted by atomic mass is 16.5. The number of nitrogens with zero attached hydrogens (tertiary/aromatic N) is 7. The quantitative estimate of drug-likeness (QED) is 0.128. The van der Waals surface area contributed by atoms with Gasteiger partial charge in [0.25, 0.3) is 0 Å². The molecule has 2 amide bonds. The summed E-state index contributed by atoms with van der Waals surface area (Å²) >= 11 is 0. The number of aryl methyl sites for hydroxylation is 2. The summed E-state index contributed by atoms with van der Waals surface area (Å²) in [5.41, 5.74) is 7.88. The fourth-order valence-corrected chi connectivity index (χ4v) is 7.53. The number of aromatic nitrogens is 5. The first kappa shape index (κ1) is 39.5. The molecule has 2 unspecified atom stereocenters. The largest absolute Gasteiger partial charge is 0.374 e. The van der Waals surface area contributed by atoms with Crippen molar-refractivity contribution in [2.75, 3.05) is 42.9 Å². The molecule has 2 fully saturated rings. The molecule has 2 aliphatic rings. The summed E-state index contributed by atoms with van der Waals surface area (Å²) < 4.78 is 5.22. The van der Waals surface area contributed by atoms with Gasteiger partial charge in [-0.1, -0.05) is 56.3 Å². The van der Waals surface area contributed by atoms with E-state index >= 15 is 0 Å². The van der Waals surface area contributed by atoms with Crippen LogP contribution in [0.4, 0.5) is 17.3 Å². The van der Waals surface area contributed by atoms with Crippen LogP contribution in [0.15, 0.2) is 71.6 Å². The molecular formula is C43H52N10O4. The second kappa shape index (κ2) is 16.8. The van der Waals surface area contributed by atoms with E-state index in [4.69, 9.17) is 9.51 Å². The first-order valence-corrected chi connectivity index (χ1v) is 19.7. The summed E-state index contributed by atoms with van der Waals surface area (Å²) in [6.45, 7) is 16.7. The fourth-order valence-electron chi connectivity index (χ4n) is 7.53. The van der Waals surface area contributed by atoms with Crippen molar-refractivity contribution in [3.63, 3.8) is 0 Å². The van der Waals surface area contributed by atoms with E-state index in [1.54, 1.807) is 0 Å². The monoisotopic (exact) mass is 772 g/mol. The van der Waals surface area contributed by atoms with Crippen LogP contribution in [-0.4, -0.2) is 85.9 Å². The van der Waals surface area contributed by atoms with Gasteiger partial charge in [-0.05, 0) is 86.1 Å². The summed E-state index contributed by atoms with van der Waals surface area (Å²) in [5, 5.41) is 22.6. The van der Waals surface area contributed by atoms with Gasteiger partial charge < -0.3 is 30.5 Å². The molecule has 298 valence electrons. The Bertz CT molecular complexity index is 2210. The van der Waals surface area contributed by atoms with Gasteiger partial charge in [0.05, 0.1) is 29.5 Å². The van der Waals surface area contributed by atoms with Crippen LogP contribution in [-0.2, 0) is 16.6 Å². The number of benzene rings is 2. The number of hydrogen-bond acceptors (Lipinski definition) is 12. The van der Waals surface area contributed by atoms with Crippen molar-refractivity contribution in [3.8, 4) is 11.3 Å². The van der Waals surface area contributed by atoms with Gasteiger partial charge in [-0.3, -0.25) is 14.5 Å². The van der Waals surface area contributed by atoms with E-state index in [1.165, 1.54) is 11.9 Å². The predicted octanol–water partition coefficient (Wildman–Crippen LogP) is 5.75. The molecule has 14 nitrogen and oxygen atoms in total. The fraction of sp³-hybridized carbons (Fsp3) is 0.419. The van der Waals surface area contributed by atoms with Crippen LogP contribution in [0.3, 0.4) is 0 Å². The molecule has 0 radical (unpaired) electrons. The van der Waals surface area contributed by atoms with Gasteiger partial charge in [0.1, 0.15) is 24.2 Å². The summed E-state index contributed by atoms with van der Waals surface area (Å²) in [5.74, 6) is 1.06. The molecule has 5 heterocycles. The van der Waals surface area contributed by atoms with Crippen LogP contribution in [0, 0.1) is 13.8 Å². The first-order valence-electron chi connectivity index (χ1n) is 19.7. The molecule has 3 aromatic heterocycles. The average Bonchev–Trinajstić information content (AvgIpc) is 3.70. The minimum atomic E-state index is -0.734. The lowest BCUT2D eigenvalue weighted by atomic mass is 9.86. The maximum Gasteiger partial charge on any atom is 0.315 e. The van der Waals surface area contributed by atoms with Gasteiger partial charge >= 0.3 is 11.8 Å². The van der Waals surface area contributed by atoms with Gasteiger partial charge in [0, 0.05) is 49.8 Å². The maximum atomic E-state index is 12.8. The second-order valence-corrected chi connectivity index (χ2v) is 16.2. The predicted molar refractivity (Wildman–Crippen MR) is 218 cm³/mol. The molecule has 0 spiro atoms. The standard InChI is InChI=1S/C43H52N10O4/c1-26-21-29(7-10-33(26)34-12-14-38(54)49-39(34)55)15-16-52-17-19-53(20-18-52)31-9-13-36(44-24-31)48-37-23-35(45-25-46-37)30-8-11-32(27(2)22-30)28(3)47-40(56)41-50-42(51-57-41)43(4,5)6/h7-11,13,21-25,28,34,38,54H,12,14-20H2,1-6H3,(H,47,56)(H,49,55)(H,44,45,46,48)/t28-,34?,38?/m1/s1. The highest BCUT2D eigenvalue weighted by molar-refractivity contribution is 5.89. The first-order chi connectivity index (χ1) is 27.3. The number of nitrogens with one attached hydrogen (secondary N) is 3. The Kier molecular flexibility index (Phi) is 11.6. The normalized spacial score (nSPS) is 18.2. The molecule has 7 rings (SSSR count). The molecule has 2 aromatic carbocycles. The number of hydrogen-bond donors (Lipinski definition) is 4. The summed E-state index contributed by atoms with van der Waals surface area (Å²) in [7, 11) is 0. The number of aliphatic hydroxyl groups is 1. The number of carbonyl (C=O) groups excluding carboxylic acids is 2. The number of pyridine rings is 1. The van der Waals surface area contributed by atoms with Crippen molar-refractivity contribution in [2.45, 2.75) is 84.4 Å². The van der Waals surface area contributed by atoms with Crippen molar-refractivity contribution in [3.05, 3.63) is 107 Å². The lowest BCUT2D eigenvalue weighted by Gasteiger charge is -2.36. The van der Waals surface area contributed by atoms with Crippen molar-refractivity contribution >= 4 is 29.1 Å². The van der Waals surface area contributed by atoms with E-state index < -0.39 is 12.1 Å². The molecule has 14 heteroatoms. The number of amides is 2. The van der Waals surface area contributed by atoms with E-state index in [0.29, 0.717) is 30.3 Å². The van der Waals surface area contributed by atoms with Crippen LogP contribution in [0.5, 0.6) is 0 Å². The zero-order valence-electron chi connectivity index (χ0n) is 33.5. The third-order valence-electron chi connectivity index (χ3n) is 10.9. The van der Waals surface area contributed by atoms with Crippen LogP contribution < -0.4 is 20.9 Å². The number of anilines is 3. The number of piperidine rings is 1. The van der Waals surface area contributed by atoms with Crippen molar-refractivity contribution in [1.29, 1.82) is 0 Å². The zero-order chi connectivity index (χ0) is 40.3. The van der Waals surface area contributed by atoms with Crippen LogP contribution in [0.2, 0.25) is 0 Å². The summed E-state index contributed by atoms with van der Waals surface area (Å²) in [6, 6.07) is 18.2. The molecule has 0 bridgehead atoms. The van der Waals surface area contributed by atoms with Crippen LogP contribution in [0.25, 0.3) is 11.3 Å². The molecule has 5 aromatic rings. The number of carbonyl (C=O) groups is 2. The molecule has 2 aliphatic heterocycles. The lowest BCUT2D eigenvalue weighted by Crippen LogP contribution is -2.47. The Balaban J connectivity index is 0.889. The van der Waals surface area contributed by atoms with Gasteiger partial charge in [-0.15, -0.1) is 0 Å². The highest BCUT2D eigenvalue weighted by Gasteiger charge is 2.29. The van der Waals surface area contributed by atoms with Gasteiger partial charge in [-0.25, -0.2) is 15.0 Å². The number of piperazine rings is 1. The average molecular weight is 773 g/mol. The van der Waals surface area contributed by atoms with Crippen molar-refractivity contribution < 1.29 is 19.2 Å². The molecule has 3 atom stereocenters. The third kappa shape index (κ3) is 9.46.